The maximum atomic E-state index is 6.49. The molecular weight excluding hydrogens is 366 g/mol. The molecule has 0 bridgehead atoms. The number of benzene rings is 1. The minimum atomic E-state index is 0.144. The molecule has 3 unspecified atom stereocenters. The summed E-state index contributed by atoms with van der Waals surface area (Å²) in [7, 11) is 0. The molecule has 116 valence electrons. The summed E-state index contributed by atoms with van der Waals surface area (Å²) in [6.07, 6.45) is 3.48. The van der Waals surface area contributed by atoms with Crippen molar-refractivity contribution < 1.29 is 4.74 Å². The molecule has 2 saturated heterocycles. The first-order valence-corrected chi connectivity index (χ1v) is 10.5. The van der Waals surface area contributed by atoms with Crippen LogP contribution in [0.1, 0.15) is 19.3 Å². The Morgan fingerprint density at radius 3 is 3.19 bits per heavy atom. The van der Waals surface area contributed by atoms with Crippen molar-refractivity contribution in [3.8, 4) is 0 Å². The summed E-state index contributed by atoms with van der Waals surface area (Å²) in [6.45, 7) is 0.889. The molecule has 2 fully saturated rings. The van der Waals surface area contributed by atoms with Gasteiger partial charge in [-0.3, -0.25) is 0 Å². The van der Waals surface area contributed by atoms with E-state index >= 15 is 0 Å². The second-order valence-electron chi connectivity index (χ2n) is 6.02. The van der Waals surface area contributed by atoms with Gasteiger partial charge >= 0.3 is 0 Å². The Labute approximate surface area is 144 Å². The highest BCUT2D eigenvalue weighted by molar-refractivity contribution is 9.10. The smallest absolute Gasteiger partial charge is 0.0783 e. The second kappa shape index (κ2) is 7.26. The van der Waals surface area contributed by atoms with Crippen molar-refractivity contribution in [1.29, 1.82) is 0 Å². The van der Waals surface area contributed by atoms with Gasteiger partial charge in [0.15, 0.2) is 0 Å². The van der Waals surface area contributed by atoms with E-state index in [2.05, 4.69) is 40.2 Å². The predicted octanol–water partition coefficient (Wildman–Crippen LogP) is 4.17. The molecule has 1 spiro atoms. The Bertz CT molecular complexity index is 479. The SMILES string of the molecule is NC(CSc1cccc(Br)c1)C1CCOC2(CCSC2)C1. The first-order valence-electron chi connectivity index (χ1n) is 7.53. The van der Waals surface area contributed by atoms with Gasteiger partial charge in [-0.05, 0) is 49.1 Å². The fourth-order valence-corrected chi connectivity index (χ4v) is 6.15. The molecule has 0 amide bonds. The van der Waals surface area contributed by atoms with Gasteiger partial charge in [0.1, 0.15) is 0 Å². The summed E-state index contributed by atoms with van der Waals surface area (Å²) in [5, 5.41) is 0. The van der Waals surface area contributed by atoms with E-state index in [0.717, 1.165) is 35.4 Å². The molecule has 2 nitrogen and oxygen atoms in total. The number of thioether (sulfide) groups is 2. The zero-order valence-electron chi connectivity index (χ0n) is 12.1. The minimum Gasteiger partial charge on any atom is -0.374 e. The summed E-state index contributed by atoms with van der Waals surface area (Å²) in [5.41, 5.74) is 6.63. The monoisotopic (exact) mass is 387 g/mol. The number of ether oxygens (including phenoxy) is 1. The van der Waals surface area contributed by atoms with E-state index in [0.29, 0.717) is 5.92 Å². The Balaban J connectivity index is 1.54. The van der Waals surface area contributed by atoms with Crippen LogP contribution in [0.4, 0.5) is 0 Å². The van der Waals surface area contributed by atoms with Crippen LogP contribution in [0.15, 0.2) is 33.6 Å². The number of halogens is 1. The molecule has 3 atom stereocenters. The standard InChI is InChI=1S/C16H22BrNOS2/c17-13-2-1-3-14(8-13)21-10-15(18)12-4-6-19-16(9-12)5-7-20-11-16/h1-3,8,12,15H,4-7,9-11,18H2. The van der Waals surface area contributed by atoms with Crippen LogP contribution in [0.3, 0.4) is 0 Å². The lowest BCUT2D eigenvalue weighted by Crippen LogP contribution is -2.46. The van der Waals surface area contributed by atoms with Gasteiger partial charge in [0.2, 0.25) is 0 Å². The molecule has 1 aromatic rings. The Hall–Kier alpha value is 0.320. The summed E-state index contributed by atoms with van der Waals surface area (Å²) in [6, 6.07) is 8.72. The van der Waals surface area contributed by atoms with Crippen molar-refractivity contribution >= 4 is 39.5 Å². The predicted molar refractivity (Wildman–Crippen MR) is 96.2 cm³/mol. The molecule has 0 aromatic heterocycles. The summed E-state index contributed by atoms with van der Waals surface area (Å²) < 4.78 is 7.23. The molecule has 2 aliphatic heterocycles. The number of nitrogens with two attached hydrogens (primary N) is 1. The Morgan fingerprint density at radius 1 is 1.52 bits per heavy atom. The molecule has 1 aromatic carbocycles. The van der Waals surface area contributed by atoms with Gasteiger partial charge in [-0.2, -0.15) is 11.8 Å². The molecule has 3 rings (SSSR count). The molecule has 0 radical (unpaired) electrons. The van der Waals surface area contributed by atoms with E-state index in [1.165, 1.54) is 17.1 Å². The van der Waals surface area contributed by atoms with Gasteiger partial charge in [-0.15, -0.1) is 11.8 Å². The van der Waals surface area contributed by atoms with E-state index in [1.54, 1.807) is 0 Å². The molecule has 2 aliphatic rings. The van der Waals surface area contributed by atoms with Crippen molar-refractivity contribution in [1.82, 2.24) is 0 Å². The third-order valence-electron chi connectivity index (χ3n) is 4.44. The number of hydrogen-bond acceptors (Lipinski definition) is 4. The maximum Gasteiger partial charge on any atom is 0.0783 e. The molecule has 21 heavy (non-hydrogen) atoms. The molecule has 0 saturated carbocycles. The van der Waals surface area contributed by atoms with Gasteiger partial charge in [-0.25, -0.2) is 0 Å². The van der Waals surface area contributed by atoms with Crippen LogP contribution in [0.5, 0.6) is 0 Å². The first-order chi connectivity index (χ1) is 10.2. The molecule has 5 heteroatoms. The summed E-state index contributed by atoms with van der Waals surface area (Å²) in [5.74, 6) is 4.01. The van der Waals surface area contributed by atoms with E-state index in [9.17, 15) is 0 Å². The van der Waals surface area contributed by atoms with Crippen LogP contribution in [0.2, 0.25) is 0 Å². The number of rotatable bonds is 4. The first kappa shape index (κ1) is 16.2. The van der Waals surface area contributed by atoms with Gasteiger partial charge in [-0.1, -0.05) is 22.0 Å². The highest BCUT2D eigenvalue weighted by Gasteiger charge is 2.41. The van der Waals surface area contributed by atoms with Crippen molar-refractivity contribution in [2.24, 2.45) is 11.7 Å². The average Bonchev–Trinajstić information content (AvgIpc) is 2.93. The van der Waals surface area contributed by atoms with Crippen molar-refractivity contribution in [3.63, 3.8) is 0 Å². The van der Waals surface area contributed by atoms with E-state index in [1.807, 2.05) is 23.5 Å². The molecular formula is C16H22BrNOS2. The normalized spacial score (nSPS) is 30.7. The maximum absolute atomic E-state index is 6.49. The highest BCUT2D eigenvalue weighted by Crippen LogP contribution is 2.41. The van der Waals surface area contributed by atoms with Crippen molar-refractivity contribution in [3.05, 3.63) is 28.7 Å². The highest BCUT2D eigenvalue weighted by atomic mass is 79.9. The van der Waals surface area contributed by atoms with Gasteiger partial charge in [0, 0.05) is 33.5 Å². The zero-order chi connectivity index (χ0) is 14.7. The minimum absolute atomic E-state index is 0.144. The van der Waals surface area contributed by atoms with E-state index < -0.39 is 0 Å². The quantitative estimate of drug-likeness (QED) is 0.786. The van der Waals surface area contributed by atoms with E-state index in [-0.39, 0.29) is 11.6 Å². The van der Waals surface area contributed by atoms with Crippen LogP contribution in [0.25, 0.3) is 0 Å². The fourth-order valence-electron chi connectivity index (χ4n) is 3.18. The van der Waals surface area contributed by atoms with Crippen molar-refractivity contribution in [2.45, 2.75) is 35.8 Å². The van der Waals surface area contributed by atoms with Crippen LogP contribution in [-0.2, 0) is 4.74 Å². The zero-order valence-corrected chi connectivity index (χ0v) is 15.3. The van der Waals surface area contributed by atoms with Gasteiger partial charge in [0.25, 0.3) is 0 Å². The largest absolute Gasteiger partial charge is 0.374 e. The topological polar surface area (TPSA) is 35.2 Å². The Kier molecular flexibility index (Phi) is 5.60. The lowest BCUT2D eigenvalue weighted by Gasteiger charge is -2.40. The lowest BCUT2D eigenvalue weighted by atomic mass is 9.82. The van der Waals surface area contributed by atoms with Crippen LogP contribution in [-0.4, -0.2) is 35.5 Å². The average molecular weight is 388 g/mol. The fraction of sp³-hybridized carbons (Fsp3) is 0.625. The van der Waals surface area contributed by atoms with Crippen LogP contribution >= 0.6 is 39.5 Å². The third-order valence-corrected chi connectivity index (χ3v) is 7.30. The van der Waals surface area contributed by atoms with Crippen LogP contribution < -0.4 is 5.73 Å². The molecule has 2 N–H and O–H groups in total. The van der Waals surface area contributed by atoms with Crippen molar-refractivity contribution in [2.75, 3.05) is 23.9 Å². The molecule has 0 aliphatic carbocycles. The van der Waals surface area contributed by atoms with Gasteiger partial charge < -0.3 is 10.5 Å². The lowest BCUT2D eigenvalue weighted by molar-refractivity contribution is -0.0820. The Morgan fingerprint density at radius 2 is 2.43 bits per heavy atom. The second-order valence-corrected chi connectivity index (χ2v) is 9.13. The van der Waals surface area contributed by atoms with Crippen LogP contribution in [0, 0.1) is 5.92 Å². The summed E-state index contributed by atoms with van der Waals surface area (Å²) >= 11 is 7.42. The van der Waals surface area contributed by atoms with E-state index in [4.69, 9.17) is 10.5 Å². The van der Waals surface area contributed by atoms with Gasteiger partial charge in [0.05, 0.1) is 5.60 Å². The summed E-state index contributed by atoms with van der Waals surface area (Å²) in [4.78, 5) is 1.29. The third kappa shape index (κ3) is 4.20. The number of hydrogen-bond donors (Lipinski definition) is 1. The molecule has 2 heterocycles.